The van der Waals surface area contributed by atoms with Crippen LogP contribution in [-0.2, 0) is 5.75 Å². The number of benzene rings is 2. The van der Waals surface area contributed by atoms with Crippen molar-refractivity contribution in [3.8, 4) is 0 Å². The van der Waals surface area contributed by atoms with Crippen LogP contribution in [0.4, 0.5) is 14.5 Å². The Morgan fingerprint density at radius 3 is 2.55 bits per heavy atom. The topological polar surface area (TPSA) is 63.3 Å². The predicted molar refractivity (Wildman–Crippen MR) is 73.7 cm³/mol. The lowest BCUT2D eigenvalue weighted by Gasteiger charge is -2.06. The highest BCUT2D eigenvalue weighted by Crippen LogP contribution is 2.29. The number of thioether (sulfide) groups is 1. The van der Waals surface area contributed by atoms with Gasteiger partial charge in [-0.2, -0.15) is 0 Å². The molecule has 3 nitrogen and oxygen atoms in total. The van der Waals surface area contributed by atoms with Gasteiger partial charge < -0.3 is 10.8 Å². The summed E-state index contributed by atoms with van der Waals surface area (Å²) in [5, 5.41) is 8.73. The maximum Gasteiger partial charge on any atom is 0.338 e. The second-order valence-electron chi connectivity index (χ2n) is 4.09. The molecule has 0 radical (unpaired) electrons. The van der Waals surface area contributed by atoms with Crippen LogP contribution in [0.3, 0.4) is 0 Å². The number of hydrogen-bond acceptors (Lipinski definition) is 3. The van der Waals surface area contributed by atoms with Crippen molar-refractivity contribution < 1.29 is 18.7 Å². The van der Waals surface area contributed by atoms with E-state index in [0.717, 1.165) is 0 Å². The second-order valence-corrected chi connectivity index (χ2v) is 5.11. The van der Waals surface area contributed by atoms with Crippen LogP contribution < -0.4 is 5.73 Å². The summed E-state index contributed by atoms with van der Waals surface area (Å²) >= 11 is 1.33. The van der Waals surface area contributed by atoms with Gasteiger partial charge in [0.1, 0.15) is 11.6 Å². The van der Waals surface area contributed by atoms with E-state index in [0.29, 0.717) is 21.9 Å². The summed E-state index contributed by atoms with van der Waals surface area (Å²) < 4.78 is 26.4. The minimum Gasteiger partial charge on any atom is -0.478 e. The molecular weight excluding hydrogens is 284 g/mol. The Morgan fingerprint density at radius 1 is 1.20 bits per heavy atom. The molecule has 0 atom stereocenters. The van der Waals surface area contributed by atoms with Crippen molar-refractivity contribution in [3.05, 3.63) is 59.2 Å². The SMILES string of the molecule is Nc1cc(F)ccc1SCc1ccc(C(=O)O)c(F)c1. The zero-order chi connectivity index (χ0) is 14.7. The van der Waals surface area contributed by atoms with E-state index < -0.39 is 17.6 Å². The van der Waals surface area contributed by atoms with Gasteiger partial charge in [-0.25, -0.2) is 13.6 Å². The van der Waals surface area contributed by atoms with E-state index >= 15 is 0 Å². The first-order chi connectivity index (χ1) is 9.47. The van der Waals surface area contributed by atoms with Crippen molar-refractivity contribution in [1.82, 2.24) is 0 Å². The Balaban J connectivity index is 2.11. The fraction of sp³-hybridized carbons (Fsp3) is 0.0714. The molecule has 104 valence electrons. The Hall–Kier alpha value is -2.08. The minimum atomic E-state index is -1.30. The third-order valence-electron chi connectivity index (χ3n) is 2.63. The number of carbonyl (C=O) groups is 1. The fourth-order valence-electron chi connectivity index (χ4n) is 1.63. The molecule has 0 bridgehead atoms. The van der Waals surface area contributed by atoms with Gasteiger partial charge in [0, 0.05) is 16.3 Å². The largest absolute Gasteiger partial charge is 0.478 e. The molecular formula is C14H11F2NO2S. The molecule has 0 saturated heterocycles. The molecule has 2 rings (SSSR count). The van der Waals surface area contributed by atoms with Gasteiger partial charge in [-0.3, -0.25) is 0 Å². The molecule has 0 unspecified atom stereocenters. The molecule has 0 heterocycles. The van der Waals surface area contributed by atoms with E-state index in [9.17, 15) is 13.6 Å². The van der Waals surface area contributed by atoms with Crippen LogP contribution in [-0.4, -0.2) is 11.1 Å². The Labute approximate surface area is 118 Å². The summed E-state index contributed by atoms with van der Waals surface area (Å²) in [5.41, 5.74) is 6.25. The summed E-state index contributed by atoms with van der Waals surface area (Å²) in [7, 11) is 0. The summed E-state index contributed by atoms with van der Waals surface area (Å²) in [6.45, 7) is 0. The Kier molecular flexibility index (Phi) is 4.24. The smallest absolute Gasteiger partial charge is 0.338 e. The van der Waals surface area contributed by atoms with E-state index in [4.69, 9.17) is 10.8 Å². The molecule has 0 aliphatic rings. The van der Waals surface area contributed by atoms with Crippen LogP contribution in [0.25, 0.3) is 0 Å². The van der Waals surface area contributed by atoms with Crippen molar-refractivity contribution >= 4 is 23.4 Å². The minimum absolute atomic E-state index is 0.317. The predicted octanol–water partition coefficient (Wildman–Crippen LogP) is 3.54. The van der Waals surface area contributed by atoms with Crippen molar-refractivity contribution in [1.29, 1.82) is 0 Å². The number of rotatable bonds is 4. The third kappa shape index (κ3) is 3.27. The lowest BCUT2D eigenvalue weighted by molar-refractivity contribution is 0.0692. The molecule has 0 aliphatic heterocycles. The number of nitrogen functional groups attached to an aromatic ring is 1. The molecule has 2 aromatic rings. The number of carboxylic acid groups (broad SMARTS) is 1. The summed E-state index contributed by atoms with van der Waals surface area (Å²) in [6.07, 6.45) is 0. The van der Waals surface area contributed by atoms with E-state index in [1.807, 2.05) is 0 Å². The van der Waals surface area contributed by atoms with Gasteiger partial charge in [0.2, 0.25) is 0 Å². The first-order valence-electron chi connectivity index (χ1n) is 5.67. The summed E-state index contributed by atoms with van der Waals surface area (Å²) in [5.74, 6) is -2.08. The van der Waals surface area contributed by atoms with Gasteiger partial charge in [0.05, 0.1) is 5.56 Å². The lowest BCUT2D eigenvalue weighted by atomic mass is 10.1. The number of aromatic carboxylic acids is 1. The van der Waals surface area contributed by atoms with Gasteiger partial charge in [-0.1, -0.05) is 6.07 Å². The number of hydrogen-bond donors (Lipinski definition) is 2. The average molecular weight is 295 g/mol. The molecule has 3 N–H and O–H groups in total. The summed E-state index contributed by atoms with van der Waals surface area (Å²) in [4.78, 5) is 11.4. The molecule has 0 amide bonds. The van der Waals surface area contributed by atoms with Crippen molar-refractivity contribution in [2.24, 2.45) is 0 Å². The fourth-order valence-corrected chi connectivity index (χ4v) is 2.53. The highest BCUT2D eigenvalue weighted by atomic mass is 32.2. The van der Waals surface area contributed by atoms with E-state index in [2.05, 4.69) is 0 Å². The normalized spacial score (nSPS) is 10.5. The first-order valence-corrected chi connectivity index (χ1v) is 6.65. The Bertz CT molecular complexity index is 662. The quantitative estimate of drug-likeness (QED) is 0.669. The number of halogens is 2. The maximum absolute atomic E-state index is 13.5. The van der Waals surface area contributed by atoms with Crippen LogP contribution in [0.2, 0.25) is 0 Å². The highest BCUT2D eigenvalue weighted by Gasteiger charge is 2.10. The van der Waals surface area contributed by atoms with E-state index in [1.165, 1.54) is 36.0 Å². The monoisotopic (exact) mass is 295 g/mol. The zero-order valence-electron chi connectivity index (χ0n) is 10.3. The lowest BCUT2D eigenvalue weighted by Crippen LogP contribution is -2.00. The van der Waals surface area contributed by atoms with Gasteiger partial charge >= 0.3 is 5.97 Å². The molecule has 0 saturated carbocycles. The van der Waals surface area contributed by atoms with Gasteiger partial charge in [0.15, 0.2) is 0 Å². The molecule has 0 aromatic heterocycles. The molecule has 20 heavy (non-hydrogen) atoms. The van der Waals surface area contributed by atoms with Crippen LogP contribution in [0.5, 0.6) is 0 Å². The molecule has 6 heteroatoms. The maximum atomic E-state index is 13.5. The van der Waals surface area contributed by atoms with Crippen molar-refractivity contribution in [3.63, 3.8) is 0 Å². The Morgan fingerprint density at radius 2 is 1.95 bits per heavy atom. The summed E-state index contributed by atoms with van der Waals surface area (Å²) in [6, 6.07) is 8.01. The third-order valence-corrected chi connectivity index (χ3v) is 3.79. The van der Waals surface area contributed by atoms with Crippen LogP contribution >= 0.6 is 11.8 Å². The van der Waals surface area contributed by atoms with Gasteiger partial charge in [0.25, 0.3) is 0 Å². The van der Waals surface area contributed by atoms with Crippen LogP contribution in [0.15, 0.2) is 41.3 Å². The highest BCUT2D eigenvalue weighted by molar-refractivity contribution is 7.98. The number of anilines is 1. The van der Waals surface area contributed by atoms with Gasteiger partial charge in [-0.15, -0.1) is 11.8 Å². The zero-order valence-corrected chi connectivity index (χ0v) is 11.1. The van der Waals surface area contributed by atoms with Crippen molar-refractivity contribution in [2.75, 3.05) is 5.73 Å². The molecule has 0 fully saturated rings. The molecule has 0 aliphatic carbocycles. The number of carboxylic acids is 1. The average Bonchev–Trinajstić information content (AvgIpc) is 2.37. The van der Waals surface area contributed by atoms with E-state index in [-0.39, 0.29) is 5.56 Å². The molecule has 0 spiro atoms. The van der Waals surface area contributed by atoms with Crippen LogP contribution in [0, 0.1) is 11.6 Å². The van der Waals surface area contributed by atoms with Crippen LogP contribution in [0.1, 0.15) is 15.9 Å². The van der Waals surface area contributed by atoms with Gasteiger partial charge in [-0.05, 0) is 35.9 Å². The standard InChI is InChI=1S/C14H11F2NO2S/c15-9-2-4-13(12(17)6-9)20-7-8-1-3-10(14(18)19)11(16)5-8/h1-6H,7,17H2,(H,18,19). The number of nitrogens with two attached hydrogens (primary N) is 1. The molecule has 2 aromatic carbocycles. The van der Waals surface area contributed by atoms with E-state index in [1.54, 1.807) is 12.1 Å². The second kappa shape index (κ2) is 5.92. The first kappa shape index (κ1) is 14.3. The van der Waals surface area contributed by atoms with Crippen molar-refractivity contribution in [2.45, 2.75) is 10.6 Å².